The maximum Gasteiger partial charge on any atom is 0.317 e. The van der Waals surface area contributed by atoms with Crippen LogP contribution in [-0.2, 0) is 0 Å². The highest BCUT2D eigenvalue weighted by Gasteiger charge is 2.24. The van der Waals surface area contributed by atoms with E-state index < -0.39 is 0 Å². The van der Waals surface area contributed by atoms with E-state index in [9.17, 15) is 4.79 Å². The molecule has 6 heteroatoms. The Hall–Kier alpha value is -3.02. The Morgan fingerprint density at radius 3 is 2.57 bits per heavy atom. The number of nitrogens with zero attached hydrogens (tertiary/aromatic N) is 3. The molecule has 1 fully saturated rings. The first kappa shape index (κ1) is 20.3. The molecule has 0 saturated carbocycles. The van der Waals surface area contributed by atoms with E-state index in [0.717, 1.165) is 48.5 Å². The molecule has 1 aliphatic rings. The van der Waals surface area contributed by atoms with Crippen LogP contribution >= 0.6 is 0 Å². The van der Waals surface area contributed by atoms with Gasteiger partial charge in [-0.25, -0.2) is 9.31 Å². The van der Waals surface area contributed by atoms with Gasteiger partial charge in [-0.05, 0) is 42.7 Å². The molecule has 30 heavy (non-hydrogen) atoms. The predicted octanol–water partition coefficient (Wildman–Crippen LogP) is 4.52. The number of urea groups is 1. The van der Waals surface area contributed by atoms with Crippen LogP contribution in [0.15, 0.2) is 48.7 Å². The van der Waals surface area contributed by atoms with Crippen LogP contribution in [-0.4, -0.2) is 46.3 Å². The summed E-state index contributed by atoms with van der Waals surface area (Å²) in [4.78, 5) is 14.1. The number of aryl methyl sites for hydroxylation is 1. The molecule has 0 aliphatic carbocycles. The molecule has 158 valence electrons. The topological polar surface area (TPSA) is 58.9 Å². The molecule has 1 aromatic carbocycles. The third-order valence-electron chi connectivity index (χ3n) is 5.66. The molecule has 2 aromatic heterocycles. The first-order valence-corrected chi connectivity index (χ1v) is 10.7. The molecule has 6 nitrogen and oxygen atoms in total. The van der Waals surface area contributed by atoms with Crippen molar-refractivity contribution in [1.29, 1.82) is 0 Å². The molecule has 0 bridgehead atoms. The normalized spacial score (nSPS) is 15.0. The summed E-state index contributed by atoms with van der Waals surface area (Å²) >= 11 is 0. The highest BCUT2D eigenvalue weighted by molar-refractivity contribution is 5.74. The molecule has 1 N–H and O–H groups in total. The van der Waals surface area contributed by atoms with Crippen molar-refractivity contribution in [2.75, 3.05) is 19.6 Å². The number of amides is 2. The highest BCUT2D eigenvalue weighted by atomic mass is 16.5. The molecule has 0 unspecified atom stereocenters. The quantitative estimate of drug-likeness (QED) is 0.678. The van der Waals surface area contributed by atoms with Gasteiger partial charge in [0.15, 0.2) is 0 Å². The molecular formula is C24H30N4O2. The van der Waals surface area contributed by atoms with Crippen molar-refractivity contribution in [3.8, 4) is 16.9 Å². The molecule has 0 atom stereocenters. The lowest BCUT2D eigenvalue weighted by Gasteiger charge is -2.32. The fraction of sp³-hybridized carbons (Fsp3) is 0.417. The fourth-order valence-corrected chi connectivity index (χ4v) is 3.91. The molecular weight excluding hydrogens is 376 g/mol. The van der Waals surface area contributed by atoms with E-state index in [-0.39, 0.29) is 12.1 Å². The zero-order valence-corrected chi connectivity index (χ0v) is 18.0. The molecule has 3 aromatic rings. The molecule has 1 aliphatic heterocycles. The monoisotopic (exact) mass is 406 g/mol. The Morgan fingerprint density at radius 2 is 1.87 bits per heavy atom. The summed E-state index contributed by atoms with van der Waals surface area (Å²) in [5, 5.41) is 7.39. The number of pyridine rings is 1. The highest BCUT2D eigenvalue weighted by Crippen LogP contribution is 2.27. The second kappa shape index (κ2) is 8.78. The molecule has 1 saturated heterocycles. The summed E-state index contributed by atoms with van der Waals surface area (Å²) < 4.78 is 8.15. The number of hydrogen-bond donors (Lipinski definition) is 1. The minimum Gasteiger partial charge on any atom is -0.490 e. The van der Waals surface area contributed by atoms with E-state index in [1.54, 1.807) is 0 Å². The lowest BCUT2D eigenvalue weighted by Crippen LogP contribution is -2.47. The van der Waals surface area contributed by atoms with Gasteiger partial charge in [-0.15, -0.1) is 0 Å². The van der Waals surface area contributed by atoms with Crippen LogP contribution in [0.4, 0.5) is 4.79 Å². The first-order chi connectivity index (χ1) is 14.5. The third kappa shape index (κ3) is 4.42. The zero-order valence-electron chi connectivity index (χ0n) is 18.0. The van der Waals surface area contributed by atoms with E-state index in [2.05, 4.69) is 55.5 Å². The third-order valence-corrected chi connectivity index (χ3v) is 5.66. The number of fused-ring (bicyclic) bond motifs is 1. The van der Waals surface area contributed by atoms with E-state index in [1.807, 2.05) is 33.8 Å². The van der Waals surface area contributed by atoms with Crippen molar-refractivity contribution < 1.29 is 9.53 Å². The van der Waals surface area contributed by atoms with Crippen molar-refractivity contribution in [2.45, 2.75) is 39.7 Å². The van der Waals surface area contributed by atoms with Gasteiger partial charge in [0.2, 0.25) is 0 Å². The standard InChI is InChI=1S/C24H30N4O2/c1-17(2)16-25-24(29)27-14-11-22(12-15-27)30-21-7-4-19(5-8-21)23-9-6-20-10-13-26-28(20)18(23)3/h4-10,13,17,22H,11-12,14-16H2,1-3H3,(H,25,29). The van der Waals surface area contributed by atoms with Crippen LogP contribution in [0, 0.1) is 12.8 Å². The number of likely N-dealkylation sites (tertiary alicyclic amines) is 1. The van der Waals surface area contributed by atoms with Crippen molar-refractivity contribution in [1.82, 2.24) is 19.8 Å². The number of carbonyl (C=O) groups is 1. The van der Waals surface area contributed by atoms with Crippen LogP contribution in [0.1, 0.15) is 32.4 Å². The minimum absolute atomic E-state index is 0.0380. The van der Waals surface area contributed by atoms with Crippen molar-refractivity contribution in [3.05, 3.63) is 54.4 Å². The second-order valence-electron chi connectivity index (χ2n) is 8.41. The number of carbonyl (C=O) groups excluding carboxylic acids is 1. The van der Waals surface area contributed by atoms with E-state index >= 15 is 0 Å². The van der Waals surface area contributed by atoms with Gasteiger partial charge in [0.1, 0.15) is 11.9 Å². The summed E-state index contributed by atoms with van der Waals surface area (Å²) in [5.41, 5.74) is 4.53. The van der Waals surface area contributed by atoms with Crippen LogP contribution in [0.25, 0.3) is 16.6 Å². The second-order valence-corrected chi connectivity index (χ2v) is 8.41. The Morgan fingerprint density at radius 1 is 1.13 bits per heavy atom. The van der Waals surface area contributed by atoms with Gasteiger partial charge >= 0.3 is 6.03 Å². The number of piperidine rings is 1. The average molecular weight is 407 g/mol. The zero-order chi connectivity index (χ0) is 21.1. The molecule has 0 spiro atoms. The van der Waals surface area contributed by atoms with Crippen molar-refractivity contribution >= 4 is 11.5 Å². The van der Waals surface area contributed by atoms with Crippen LogP contribution < -0.4 is 10.1 Å². The Bertz CT molecular complexity index is 1000. The summed E-state index contributed by atoms with van der Waals surface area (Å²) in [7, 11) is 0. The molecule has 3 heterocycles. The number of nitrogens with one attached hydrogen (secondary N) is 1. The Labute approximate surface area is 177 Å². The summed E-state index contributed by atoms with van der Waals surface area (Å²) in [6, 6.07) is 14.5. The molecule has 2 amide bonds. The number of rotatable bonds is 5. The smallest absolute Gasteiger partial charge is 0.317 e. The summed E-state index contributed by atoms with van der Waals surface area (Å²) in [5.74, 6) is 1.34. The molecule has 4 rings (SSSR count). The Balaban J connectivity index is 1.34. The van der Waals surface area contributed by atoms with Crippen LogP contribution in [0.2, 0.25) is 0 Å². The van der Waals surface area contributed by atoms with Gasteiger partial charge in [0, 0.05) is 49.9 Å². The maximum atomic E-state index is 12.2. The largest absolute Gasteiger partial charge is 0.490 e. The van der Waals surface area contributed by atoms with Gasteiger partial charge in [-0.2, -0.15) is 5.10 Å². The van der Waals surface area contributed by atoms with Crippen LogP contribution in [0.5, 0.6) is 5.75 Å². The van der Waals surface area contributed by atoms with Gasteiger partial charge in [0.25, 0.3) is 0 Å². The van der Waals surface area contributed by atoms with Gasteiger partial charge in [-0.3, -0.25) is 0 Å². The number of benzene rings is 1. The SMILES string of the molecule is Cc1c(-c2ccc(OC3CCN(C(=O)NCC(C)C)CC3)cc2)ccc2ccnn12. The predicted molar refractivity (Wildman–Crippen MR) is 119 cm³/mol. The number of ether oxygens (including phenoxy) is 1. The van der Waals surface area contributed by atoms with Crippen molar-refractivity contribution in [3.63, 3.8) is 0 Å². The summed E-state index contributed by atoms with van der Waals surface area (Å²) in [6.45, 7) is 8.47. The van der Waals surface area contributed by atoms with Crippen molar-refractivity contribution in [2.24, 2.45) is 5.92 Å². The van der Waals surface area contributed by atoms with E-state index in [1.165, 1.54) is 5.56 Å². The van der Waals surface area contributed by atoms with Gasteiger partial charge in [-0.1, -0.05) is 32.0 Å². The van der Waals surface area contributed by atoms with E-state index in [4.69, 9.17) is 4.74 Å². The lowest BCUT2D eigenvalue weighted by atomic mass is 10.0. The number of hydrogen-bond acceptors (Lipinski definition) is 3. The average Bonchev–Trinajstić information content (AvgIpc) is 3.23. The number of aromatic nitrogens is 2. The first-order valence-electron chi connectivity index (χ1n) is 10.7. The fourth-order valence-electron chi connectivity index (χ4n) is 3.91. The Kier molecular flexibility index (Phi) is 5.93. The molecule has 0 radical (unpaired) electrons. The lowest BCUT2D eigenvalue weighted by molar-refractivity contribution is 0.111. The van der Waals surface area contributed by atoms with Gasteiger partial charge in [0.05, 0.1) is 5.52 Å². The van der Waals surface area contributed by atoms with Crippen LogP contribution in [0.3, 0.4) is 0 Å². The van der Waals surface area contributed by atoms with E-state index in [0.29, 0.717) is 12.5 Å². The van der Waals surface area contributed by atoms with Gasteiger partial charge < -0.3 is 15.0 Å². The minimum atomic E-state index is 0.0380. The summed E-state index contributed by atoms with van der Waals surface area (Å²) in [6.07, 6.45) is 3.67. The maximum absolute atomic E-state index is 12.2.